The number of aryl methyl sites for hydroxylation is 1. The Kier molecular flexibility index (Phi) is 6.73. The van der Waals surface area contributed by atoms with E-state index in [1.54, 1.807) is 11.3 Å². The molecule has 4 rings (SSSR count). The number of nitriles is 1. The summed E-state index contributed by atoms with van der Waals surface area (Å²) in [5.41, 5.74) is 1.69. The molecular weight excluding hydrogens is 354 g/mol. The maximum atomic E-state index is 12.9. The van der Waals surface area contributed by atoms with E-state index in [9.17, 15) is 10.1 Å². The highest BCUT2D eigenvalue weighted by atomic mass is 32.1. The molecule has 1 heterocycles. The summed E-state index contributed by atoms with van der Waals surface area (Å²) in [5.74, 6) is 1.55. The van der Waals surface area contributed by atoms with Gasteiger partial charge in [-0.15, -0.1) is 17.9 Å². The molecule has 27 heavy (non-hydrogen) atoms. The van der Waals surface area contributed by atoms with Gasteiger partial charge in [0, 0.05) is 17.3 Å². The molecule has 5 heteroatoms. The van der Waals surface area contributed by atoms with E-state index in [1.165, 1.54) is 30.6 Å². The van der Waals surface area contributed by atoms with Gasteiger partial charge in [0.05, 0.1) is 5.56 Å². The monoisotopic (exact) mass is 385 g/mol. The van der Waals surface area contributed by atoms with Crippen molar-refractivity contribution >= 4 is 22.2 Å². The number of nitrogens with zero attached hydrogens (tertiary/aromatic N) is 2. The van der Waals surface area contributed by atoms with Crippen LogP contribution in [0.5, 0.6) is 0 Å². The van der Waals surface area contributed by atoms with Crippen molar-refractivity contribution in [3.8, 4) is 6.07 Å². The molecule has 2 bridgehead atoms. The summed E-state index contributed by atoms with van der Waals surface area (Å²) in [6, 6.07) is 2.32. The minimum Gasteiger partial charge on any atom is -0.316 e. The van der Waals surface area contributed by atoms with Crippen LogP contribution >= 0.6 is 11.3 Å². The maximum absolute atomic E-state index is 12.9. The van der Waals surface area contributed by atoms with Crippen LogP contribution in [0.25, 0.3) is 0 Å². The average molecular weight is 386 g/mol. The molecule has 0 spiro atoms. The lowest BCUT2D eigenvalue weighted by atomic mass is 9.64. The summed E-state index contributed by atoms with van der Waals surface area (Å²) in [7, 11) is 2.09. The number of amides is 1. The second-order valence-corrected chi connectivity index (χ2v) is 9.34. The Morgan fingerprint density at radius 1 is 1.41 bits per heavy atom. The zero-order valence-electron chi connectivity index (χ0n) is 16.6. The first-order valence-electron chi connectivity index (χ1n) is 10.2. The number of rotatable bonds is 8. The van der Waals surface area contributed by atoms with Crippen LogP contribution < -0.4 is 5.32 Å². The van der Waals surface area contributed by atoms with Gasteiger partial charge in [-0.2, -0.15) is 5.26 Å². The molecule has 0 saturated heterocycles. The molecule has 3 aliphatic carbocycles. The highest BCUT2D eigenvalue weighted by Crippen LogP contribution is 2.45. The standard InChI is InChI=1S/C22H31N3OS/c1-4-11-25(3)12-5-6-20-15(2)19(14-23)22(27-20)24-21(26)18-13-16-7-9-17(18)10-8-16/h4,16-18H,1,5-13H2,2-3H3,(H,24,26). The van der Waals surface area contributed by atoms with E-state index in [-0.39, 0.29) is 11.8 Å². The van der Waals surface area contributed by atoms with Crippen molar-refractivity contribution in [2.75, 3.05) is 25.5 Å². The van der Waals surface area contributed by atoms with E-state index in [1.807, 2.05) is 13.0 Å². The van der Waals surface area contributed by atoms with Gasteiger partial charge in [0.1, 0.15) is 11.1 Å². The molecule has 3 aliphatic rings. The van der Waals surface area contributed by atoms with Gasteiger partial charge in [0.15, 0.2) is 0 Å². The first-order valence-corrected chi connectivity index (χ1v) is 11.0. The third kappa shape index (κ3) is 4.62. The summed E-state index contributed by atoms with van der Waals surface area (Å²) < 4.78 is 0. The van der Waals surface area contributed by atoms with Crippen molar-refractivity contribution in [3.05, 3.63) is 28.7 Å². The van der Waals surface area contributed by atoms with Crippen LogP contribution in [0.15, 0.2) is 12.7 Å². The number of carbonyl (C=O) groups is 1. The number of fused-ring (bicyclic) bond motifs is 3. The average Bonchev–Trinajstić information content (AvgIpc) is 2.97. The molecule has 0 aromatic carbocycles. The van der Waals surface area contributed by atoms with Gasteiger partial charge >= 0.3 is 0 Å². The van der Waals surface area contributed by atoms with E-state index >= 15 is 0 Å². The summed E-state index contributed by atoms with van der Waals surface area (Å²) in [6.07, 6.45) is 9.90. The molecule has 3 fully saturated rings. The molecule has 146 valence electrons. The van der Waals surface area contributed by atoms with Gasteiger partial charge in [0.2, 0.25) is 5.91 Å². The molecule has 1 amide bonds. The second kappa shape index (κ2) is 9.03. The van der Waals surface area contributed by atoms with Crippen LogP contribution in [0.2, 0.25) is 0 Å². The molecule has 0 aliphatic heterocycles. The fraction of sp³-hybridized carbons (Fsp3) is 0.636. The Bertz CT molecular complexity index is 725. The minimum absolute atomic E-state index is 0.138. The van der Waals surface area contributed by atoms with Crippen molar-refractivity contribution in [3.63, 3.8) is 0 Å². The van der Waals surface area contributed by atoms with Crippen LogP contribution in [0.4, 0.5) is 5.00 Å². The molecule has 0 radical (unpaired) electrons. The largest absolute Gasteiger partial charge is 0.316 e. The predicted molar refractivity (Wildman–Crippen MR) is 112 cm³/mol. The second-order valence-electron chi connectivity index (χ2n) is 8.23. The van der Waals surface area contributed by atoms with Crippen LogP contribution in [-0.2, 0) is 11.2 Å². The Labute approximate surface area is 167 Å². The Morgan fingerprint density at radius 2 is 2.15 bits per heavy atom. The van der Waals surface area contributed by atoms with Crippen LogP contribution in [0.1, 0.15) is 54.5 Å². The molecular formula is C22H31N3OS. The van der Waals surface area contributed by atoms with Gasteiger partial charge in [-0.05, 0) is 70.0 Å². The zero-order chi connectivity index (χ0) is 19.4. The fourth-order valence-electron chi connectivity index (χ4n) is 4.75. The molecule has 4 nitrogen and oxygen atoms in total. The molecule has 1 N–H and O–H groups in total. The predicted octanol–water partition coefficient (Wildman–Crippen LogP) is 4.74. The first-order chi connectivity index (χ1) is 13.0. The number of thiophene rings is 1. The topological polar surface area (TPSA) is 56.1 Å². The van der Waals surface area contributed by atoms with E-state index < -0.39 is 0 Å². The number of hydrogen-bond donors (Lipinski definition) is 1. The van der Waals surface area contributed by atoms with E-state index in [4.69, 9.17) is 0 Å². The SMILES string of the molecule is C=CCN(C)CCCc1sc(NC(=O)C2CC3CCC2CC3)c(C#N)c1C. The van der Waals surface area contributed by atoms with Gasteiger partial charge < -0.3 is 10.2 Å². The van der Waals surface area contributed by atoms with Crippen molar-refractivity contribution in [1.82, 2.24) is 4.90 Å². The number of likely N-dealkylation sites (N-methyl/N-ethyl adjacent to an activating group) is 1. The molecule has 1 aromatic rings. The van der Waals surface area contributed by atoms with Gasteiger partial charge in [-0.3, -0.25) is 4.79 Å². The van der Waals surface area contributed by atoms with Crippen molar-refractivity contribution in [2.45, 2.75) is 51.9 Å². The van der Waals surface area contributed by atoms with Gasteiger partial charge in [-0.25, -0.2) is 0 Å². The zero-order valence-corrected chi connectivity index (χ0v) is 17.4. The van der Waals surface area contributed by atoms with Gasteiger partial charge in [0.25, 0.3) is 0 Å². The third-order valence-corrected chi connectivity index (χ3v) is 7.63. The lowest BCUT2D eigenvalue weighted by Crippen LogP contribution is -2.38. The lowest BCUT2D eigenvalue weighted by molar-refractivity contribution is -0.124. The highest BCUT2D eigenvalue weighted by Gasteiger charge is 2.39. The Hall–Kier alpha value is -1.64. The Balaban J connectivity index is 1.64. The van der Waals surface area contributed by atoms with Crippen molar-refractivity contribution < 1.29 is 4.79 Å². The normalized spacial score (nSPS) is 24.0. The summed E-state index contributed by atoms with van der Waals surface area (Å²) >= 11 is 1.59. The first kappa shape index (κ1) is 20.1. The van der Waals surface area contributed by atoms with E-state index in [2.05, 4.69) is 29.9 Å². The van der Waals surface area contributed by atoms with Crippen LogP contribution in [-0.4, -0.2) is 30.9 Å². The maximum Gasteiger partial charge on any atom is 0.228 e. The minimum atomic E-state index is 0.138. The molecule has 1 unspecified atom stereocenters. The van der Waals surface area contributed by atoms with Gasteiger partial charge in [-0.1, -0.05) is 18.9 Å². The van der Waals surface area contributed by atoms with E-state index in [0.717, 1.165) is 48.8 Å². The third-order valence-electron chi connectivity index (χ3n) is 6.36. The fourth-order valence-corrected chi connectivity index (χ4v) is 5.95. The van der Waals surface area contributed by atoms with Crippen LogP contribution in [0.3, 0.4) is 0 Å². The number of carbonyl (C=O) groups excluding carboxylic acids is 1. The Morgan fingerprint density at radius 3 is 2.74 bits per heavy atom. The molecule has 3 saturated carbocycles. The summed E-state index contributed by atoms with van der Waals surface area (Å²) in [6.45, 7) is 7.67. The summed E-state index contributed by atoms with van der Waals surface area (Å²) in [5, 5.41) is 13.5. The smallest absolute Gasteiger partial charge is 0.228 e. The van der Waals surface area contributed by atoms with Crippen LogP contribution in [0, 0.1) is 36.0 Å². The highest BCUT2D eigenvalue weighted by molar-refractivity contribution is 7.16. The number of anilines is 1. The molecule has 1 aromatic heterocycles. The lowest BCUT2D eigenvalue weighted by Gasteiger charge is -2.41. The summed E-state index contributed by atoms with van der Waals surface area (Å²) in [4.78, 5) is 16.4. The van der Waals surface area contributed by atoms with Crippen molar-refractivity contribution in [1.29, 1.82) is 5.26 Å². The quantitative estimate of drug-likeness (QED) is 0.657. The van der Waals surface area contributed by atoms with Crippen molar-refractivity contribution in [2.24, 2.45) is 17.8 Å². The number of nitrogens with one attached hydrogen (secondary N) is 1. The molecule has 1 atom stereocenters. The number of hydrogen-bond acceptors (Lipinski definition) is 4. The van der Waals surface area contributed by atoms with E-state index in [0.29, 0.717) is 11.5 Å².